The Hall–Kier alpha value is -5.05. The normalized spacial score (nSPS) is 16.0. The number of nitrogens with zero attached hydrogens (tertiary/aromatic N) is 3. The average molecular weight is 520 g/mol. The number of ether oxygens (including phenoxy) is 1. The van der Waals surface area contributed by atoms with Crippen LogP contribution in [0.25, 0.3) is 0 Å². The van der Waals surface area contributed by atoms with Gasteiger partial charge in [0.25, 0.3) is 0 Å². The highest BCUT2D eigenvalue weighted by atomic mass is 16.5. The highest BCUT2D eigenvalue weighted by molar-refractivity contribution is 6.24. The van der Waals surface area contributed by atoms with Crippen LogP contribution in [0.2, 0.25) is 0 Å². The molecule has 9 nitrogen and oxygen atoms in total. The molecule has 0 radical (unpaired) electrons. The first-order valence-electron chi connectivity index (χ1n) is 12.6. The minimum absolute atomic E-state index is 0.0181. The summed E-state index contributed by atoms with van der Waals surface area (Å²) in [5, 5.41) is 2.90. The number of rotatable bonds is 6. The fourth-order valence-corrected chi connectivity index (χ4v) is 5.17. The van der Waals surface area contributed by atoms with E-state index in [1.54, 1.807) is 35.5 Å². The second-order valence-electron chi connectivity index (χ2n) is 9.40. The number of nitrogens with one attached hydrogen (secondary N) is 2. The molecule has 0 bridgehead atoms. The third-order valence-electron chi connectivity index (χ3n) is 7.03. The average Bonchev–Trinajstić information content (AvgIpc) is 3.69. The van der Waals surface area contributed by atoms with Gasteiger partial charge in [-0.15, -0.1) is 0 Å². The van der Waals surface area contributed by atoms with Gasteiger partial charge in [0, 0.05) is 30.3 Å². The standard InChI is InChI=1S/C30H25N5O4/c1-39-30(38)20-7-9-22-23(16-20)34-29(37)27(22)28(18-5-3-2-4-6-18)33-21-8-10-24-19(15-21)11-14-35(24)26(36)17-25-31-12-13-32-25/h2-10,12-13,15-16,27H,11,14,17H2,1H3,(H,31,32)(H,34,37). The Morgan fingerprint density at radius 1 is 1.08 bits per heavy atom. The topological polar surface area (TPSA) is 117 Å². The molecule has 0 spiro atoms. The van der Waals surface area contributed by atoms with Gasteiger partial charge >= 0.3 is 5.97 Å². The summed E-state index contributed by atoms with van der Waals surface area (Å²) in [7, 11) is 1.32. The molecule has 194 valence electrons. The first-order valence-corrected chi connectivity index (χ1v) is 12.6. The van der Waals surface area contributed by atoms with Crippen LogP contribution in [0.5, 0.6) is 0 Å². The number of aliphatic imine (C=N–C) groups is 1. The van der Waals surface area contributed by atoms with Crippen molar-refractivity contribution in [1.29, 1.82) is 0 Å². The summed E-state index contributed by atoms with van der Waals surface area (Å²) in [6.45, 7) is 0.592. The van der Waals surface area contributed by atoms with Gasteiger partial charge in [0.05, 0.1) is 30.5 Å². The van der Waals surface area contributed by atoms with Crippen LogP contribution < -0.4 is 10.2 Å². The second kappa shape index (κ2) is 10.0. The Kier molecular flexibility index (Phi) is 6.24. The Labute approximate surface area is 224 Å². The smallest absolute Gasteiger partial charge is 0.337 e. The number of esters is 1. The van der Waals surface area contributed by atoms with E-state index in [0.717, 1.165) is 22.4 Å². The SMILES string of the molecule is COC(=O)c1ccc2c(c1)NC(=O)C2C(=Nc1ccc2c(c1)CCN2C(=O)Cc1ncc[nH]1)c1ccccc1. The Balaban J connectivity index is 1.35. The van der Waals surface area contributed by atoms with Crippen LogP contribution in [0.1, 0.15) is 38.8 Å². The van der Waals surface area contributed by atoms with Gasteiger partial charge in [0.15, 0.2) is 0 Å². The quantitative estimate of drug-likeness (QED) is 0.293. The lowest BCUT2D eigenvalue weighted by molar-refractivity contribution is -0.118. The number of carbonyl (C=O) groups is 3. The number of anilines is 2. The molecular weight excluding hydrogens is 494 g/mol. The van der Waals surface area contributed by atoms with Crippen LogP contribution in [0, 0.1) is 0 Å². The highest BCUT2D eigenvalue weighted by Crippen LogP contribution is 2.38. The number of aromatic nitrogens is 2. The monoisotopic (exact) mass is 519 g/mol. The third kappa shape index (κ3) is 4.59. The number of methoxy groups -OCH3 is 1. The van der Waals surface area contributed by atoms with Gasteiger partial charge in [-0.25, -0.2) is 9.78 Å². The van der Waals surface area contributed by atoms with E-state index in [2.05, 4.69) is 15.3 Å². The summed E-state index contributed by atoms with van der Waals surface area (Å²) in [5.41, 5.74) is 5.67. The molecule has 3 aromatic carbocycles. The maximum atomic E-state index is 13.3. The van der Waals surface area contributed by atoms with Crippen molar-refractivity contribution in [2.24, 2.45) is 4.99 Å². The Morgan fingerprint density at radius 3 is 2.69 bits per heavy atom. The van der Waals surface area contributed by atoms with Gasteiger partial charge in [-0.1, -0.05) is 36.4 Å². The molecule has 6 rings (SSSR count). The van der Waals surface area contributed by atoms with E-state index in [9.17, 15) is 14.4 Å². The molecule has 0 saturated heterocycles. The Morgan fingerprint density at radius 2 is 1.92 bits per heavy atom. The van der Waals surface area contributed by atoms with Crippen molar-refractivity contribution in [2.75, 3.05) is 23.9 Å². The molecule has 3 heterocycles. The van der Waals surface area contributed by atoms with E-state index in [0.29, 0.717) is 41.4 Å². The molecule has 4 aromatic rings. The zero-order chi connectivity index (χ0) is 26.9. The number of aromatic amines is 1. The minimum Gasteiger partial charge on any atom is -0.465 e. The number of amides is 2. The largest absolute Gasteiger partial charge is 0.465 e. The van der Waals surface area contributed by atoms with Gasteiger partial charge in [-0.2, -0.15) is 0 Å². The summed E-state index contributed by atoms with van der Waals surface area (Å²) in [4.78, 5) is 52.1. The van der Waals surface area contributed by atoms with E-state index in [-0.39, 0.29) is 18.2 Å². The van der Waals surface area contributed by atoms with Crippen LogP contribution in [0.3, 0.4) is 0 Å². The van der Waals surface area contributed by atoms with Crippen molar-refractivity contribution >= 4 is 40.6 Å². The van der Waals surface area contributed by atoms with E-state index in [1.807, 2.05) is 48.5 Å². The predicted molar refractivity (Wildman–Crippen MR) is 147 cm³/mol. The molecular formula is C30H25N5O4. The first kappa shape index (κ1) is 24.3. The number of carbonyl (C=O) groups excluding carboxylic acids is 3. The molecule has 1 atom stereocenters. The fourth-order valence-electron chi connectivity index (χ4n) is 5.17. The lowest BCUT2D eigenvalue weighted by Gasteiger charge is -2.17. The zero-order valence-electron chi connectivity index (χ0n) is 21.2. The van der Waals surface area contributed by atoms with Crippen LogP contribution in [0.4, 0.5) is 17.1 Å². The summed E-state index contributed by atoms with van der Waals surface area (Å²) in [5.74, 6) is -0.729. The number of hydrogen-bond donors (Lipinski definition) is 2. The predicted octanol–water partition coefficient (Wildman–Crippen LogP) is 4.18. The molecule has 2 amide bonds. The number of benzene rings is 3. The second-order valence-corrected chi connectivity index (χ2v) is 9.40. The summed E-state index contributed by atoms with van der Waals surface area (Å²) < 4.78 is 4.83. The summed E-state index contributed by atoms with van der Waals surface area (Å²) >= 11 is 0. The molecule has 0 aliphatic carbocycles. The zero-order valence-corrected chi connectivity index (χ0v) is 21.2. The van der Waals surface area contributed by atoms with Gasteiger partial charge < -0.3 is 19.9 Å². The number of fused-ring (bicyclic) bond motifs is 2. The van der Waals surface area contributed by atoms with Gasteiger partial charge in [-0.05, 0) is 53.4 Å². The van der Waals surface area contributed by atoms with Crippen LogP contribution in [-0.2, 0) is 27.2 Å². The van der Waals surface area contributed by atoms with Crippen molar-refractivity contribution in [3.8, 4) is 0 Å². The van der Waals surface area contributed by atoms with Crippen molar-refractivity contribution in [2.45, 2.75) is 18.8 Å². The molecule has 1 unspecified atom stereocenters. The molecule has 2 aliphatic heterocycles. The number of imidazole rings is 1. The van der Waals surface area contributed by atoms with E-state index >= 15 is 0 Å². The molecule has 0 fully saturated rings. The molecule has 39 heavy (non-hydrogen) atoms. The van der Waals surface area contributed by atoms with Crippen LogP contribution in [0.15, 0.2) is 84.1 Å². The summed E-state index contributed by atoms with van der Waals surface area (Å²) in [6.07, 6.45) is 4.26. The highest BCUT2D eigenvalue weighted by Gasteiger charge is 2.36. The molecule has 1 aromatic heterocycles. The van der Waals surface area contributed by atoms with E-state index in [1.165, 1.54) is 7.11 Å². The first-order chi connectivity index (χ1) is 19.0. The maximum Gasteiger partial charge on any atom is 0.337 e. The maximum absolute atomic E-state index is 13.3. The van der Waals surface area contributed by atoms with Gasteiger partial charge in [0.1, 0.15) is 11.7 Å². The fraction of sp³-hybridized carbons (Fsp3) is 0.167. The number of hydrogen-bond acceptors (Lipinski definition) is 6. The lowest BCUT2D eigenvalue weighted by atomic mass is 9.90. The van der Waals surface area contributed by atoms with Crippen LogP contribution in [-0.4, -0.2) is 47.1 Å². The third-order valence-corrected chi connectivity index (χ3v) is 7.03. The van der Waals surface area contributed by atoms with E-state index in [4.69, 9.17) is 9.73 Å². The van der Waals surface area contributed by atoms with Crippen molar-refractivity contribution < 1.29 is 19.1 Å². The Bertz CT molecular complexity index is 1610. The van der Waals surface area contributed by atoms with Crippen molar-refractivity contribution in [3.05, 3.63) is 107 Å². The molecule has 2 aliphatic rings. The minimum atomic E-state index is -0.659. The van der Waals surface area contributed by atoms with Crippen molar-refractivity contribution in [3.63, 3.8) is 0 Å². The molecule has 2 N–H and O–H groups in total. The molecule has 9 heteroatoms. The summed E-state index contributed by atoms with van der Waals surface area (Å²) in [6, 6.07) is 20.4. The van der Waals surface area contributed by atoms with Crippen LogP contribution >= 0.6 is 0 Å². The van der Waals surface area contributed by atoms with Gasteiger partial charge in [0.2, 0.25) is 11.8 Å². The lowest BCUT2D eigenvalue weighted by Crippen LogP contribution is -2.30. The molecule has 0 saturated carbocycles. The number of H-pyrrole nitrogens is 1. The van der Waals surface area contributed by atoms with E-state index < -0.39 is 11.9 Å². The van der Waals surface area contributed by atoms with Crippen molar-refractivity contribution in [1.82, 2.24) is 9.97 Å². The van der Waals surface area contributed by atoms with Gasteiger partial charge in [-0.3, -0.25) is 14.6 Å².